The second-order valence-electron chi connectivity index (χ2n) is 5.37. The number of ether oxygens (including phenoxy) is 1. The summed E-state index contributed by atoms with van der Waals surface area (Å²) in [5, 5.41) is 3.42. The Balaban J connectivity index is 2.05. The molecule has 0 fully saturated rings. The van der Waals surface area contributed by atoms with Crippen LogP contribution >= 0.6 is 23.2 Å². The summed E-state index contributed by atoms with van der Waals surface area (Å²) in [7, 11) is 0. The number of aromatic nitrogens is 3. The van der Waals surface area contributed by atoms with Crippen molar-refractivity contribution in [1.29, 1.82) is 0 Å². The topological polar surface area (TPSA) is 79.9 Å². The molecule has 2 heterocycles. The lowest BCUT2D eigenvalue weighted by Crippen LogP contribution is -2.32. The van der Waals surface area contributed by atoms with E-state index in [4.69, 9.17) is 27.9 Å². The van der Waals surface area contributed by atoms with Crippen molar-refractivity contribution >= 4 is 40.3 Å². The van der Waals surface area contributed by atoms with Crippen molar-refractivity contribution in [3.05, 3.63) is 22.2 Å². The van der Waals surface area contributed by atoms with Crippen LogP contribution < -0.4 is 5.32 Å². The van der Waals surface area contributed by atoms with Gasteiger partial charge in [0.1, 0.15) is 16.4 Å². The molecule has 0 aliphatic heterocycles. The summed E-state index contributed by atoms with van der Waals surface area (Å²) in [6, 6.07) is 0. The molecule has 0 aromatic carbocycles. The maximum Gasteiger partial charge on any atom is 0.408 e. The van der Waals surface area contributed by atoms with Gasteiger partial charge in [-0.3, -0.25) is 0 Å². The van der Waals surface area contributed by atoms with E-state index in [0.717, 1.165) is 0 Å². The van der Waals surface area contributed by atoms with E-state index in [1.54, 1.807) is 27.0 Å². The van der Waals surface area contributed by atoms with Crippen LogP contribution in [0.1, 0.15) is 26.3 Å². The van der Waals surface area contributed by atoms with Crippen LogP contribution in [0.5, 0.6) is 0 Å². The molecule has 0 atom stereocenters. The van der Waals surface area contributed by atoms with E-state index in [-0.39, 0.29) is 17.0 Å². The highest BCUT2D eigenvalue weighted by atomic mass is 35.5. The minimum Gasteiger partial charge on any atom is -0.444 e. The molecular weight excluding hydrogens is 327 g/mol. The highest BCUT2D eigenvalue weighted by Gasteiger charge is 2.15. The second-order valence-corrected chi connectivity index (χ2v) is 6.06. The maximum absolute atomic E-state index is 11.5. The Morgan fingerprint density at radius 1 is 1.41 bits per heavy atom. The number of nitrogens with zero attached hydrogens (tertiary/aromatic N) is 2. The van der Waals surface area contributed by atoms with E-state index in [1.807, 2.05) is 0 Å². The van der Waals surface area contributed by atoms with Gasteiger partial charge in [-0.2, -0.15) is 4.98 Å². The predicted octanol–water partition coefficient (Wildman–Crippen LogP) is 3.14. The van der Waals surface area contributed by atoms with Crippen molar-refractivity contribution in [2.75, 3.05) is 6.54 Å². The van der Waals surface area contributed by atoms with Crippen LogP contribution in [0.4, 0.5) is 4.79 Å². The molecule has 6 nitrogen and oxygen atoms in total. The largest absolute Gasteiger partial charge is 0.444 e. The molecule has 0 saturated heterocycles. The number of alkyl carbamates (subject to hydrolysis) is 1. The Labute approximate surface area is 137 Å². The summed E-state index contributed by atoms with van der Waals surface area (Å²) < 4.78 is 5.10. The average molecular weight is 341 g/mol. The van der Waals surface area contributed by atoms with Crippen LogP contribution in [0.15, 0.2) is 6.20 Å². The van der Waals surface area contributed by atoms with Crippen LogP contribution in [0.25, 0.3) is 11.0 Å². The Kier molecular flexibility index (Phi) is 4.79. The normalized spacial score (nSPS) is 11.0. The third-order valence-electron chi connectivity index (χ3n) is 2.40. The summed E-state index contributed by atoms with van der Waals surface area (Å²) >= 11 is 11.8. The molecule has 0 spiro atoms. The molecule has 1 amide bonds. The first kappa shape index (κ1) is 16.4. The fraction of sp³-hybridized carbons (Fsp3) is 0.357. The quantitative estimate of drug-likeness (QED) is 0.474. The predicted molar refractivity (Wildman–Crippen MR) is 85.0 cm³/mol. The van der Waals surface area contributed by atoms with Crippen LogP contribution in [-0.2, 0) is 4.74 Å². The second kappa shape index (κ2) is 6.42. The number of H-pyrrole nitrogens is 1. The van der Waals surface area contributed by atoms with Crippen LogP contribution in [0.2, 0.25) is 10.4 Å². The minimum absolute atomic E-state index is 0.0606. The first-order valence-electron chi connectivity index (χ1n) is 6.42. The Morgan fingerprint density at radius 2 is 2.14 bits per heavy atom. The Bertz CT molecular complexity index is 769. The number of hydrogen-bond acceptors (Lipinski definition) is 4. The standard InChI is InChI=1S/C14H14Cl2N4O2/c1-14(2,3)22-13(21)17-6-4-5-8-7-18-11-9(8)10(15)19-12(16)20-11/h7H,6H2,1-3H3,(H,17,21)(H,18,19,20). The van der Waals surface area contributed by atoms with Crippen LogP contribution in [0.3, 0.4) is 0 Å². The van der Waals surface area contributed by atoms with E-state index < -0.39 is 11.7 Å². The highest BCUT2D eigenvalue weighted by Crippen LogP contribution is 2.24. The third kappa shape index (κ3) is 4.26. The van der Waals surface area contributed by atoms with E-state index in [0.29, 0.717) is 16.6 Å². The number of amides is 1. The first-order valence-corrected chi connectivity index (χ1v) is 7.18. The number of aromatic amines is 1. The summed E-state index contributed by atoms with van der Waals surface area (Å²) in [6.45, 7) is 5.51. The fourth-order valence-electron chi connectivity index (χ4n) is 1.63. The molecule has 22 heavy (non-hydrogen) atoms. The molecule has 2 aromatic heterocycles. The van der Waals surface area contributed by atoms with Crippen molar-refractivity contribution in [3.8, 4) is 11.8 Å². The summed E-state index contributed by atoms with van der Waals surface area (Å²) in [5.41, 5.74) is 0.593. The molecule has 0 unspecified atom stereocenters. The van der Waals surface area contributed by atoms with Crippen molar-refractivity contribution in [1.82, 2.24) is 20.3 Å². The van der Waals surface area contributed by atoms with Gasteiger partial charge in [-0.05, 0) is 32.4 Å². The van der Waals surface area contributed by atoms with Crippen molar-refractivity contribution < 1.29 is 9.53 Å². The Hall–Kier alpha value is -1.97. The van der Waals surface area contributed by atoms with E-state index >= 15 is 0 Å². The van der Waals surface area contributed by atoms with Gasteiger partial charge in [0.2, 0.25) is 5.28 Å². The van der Waals surface area contributed by atoms with Gasteiger partial charge in [0.05, 0.1) is 17.5 Å². The zero-order chi connectivity index (χ0) is 16.3. The number of rotatable bonds is 1. The van der Waals surface area contributed by atoms with Crippen LogP contribution in [-0.4, -0.2) is 33.2 Å². The Morgan fingerprint density at radius 3 is 2.82 bits per heavy atom. The van der Waals surface area contributed by atoms with Crippen molar-refractivity contribution in [2.24, 2.45) is 0 Å². The fourth-order valence-corrected chi connectivity index (χ4v) is 2.12. The maximum atomic E-state index is 11.5. The summed E-state index contributed by atoms with van der Waals surface area (Å²) in [4.78, 5) is 22.3. The number of halogens is 2. The molecule has 2 rings (SSSR count). The molecule has 0 bridgehead atoms. The van der Waals surface area contributed by atoms with E-state index in [9.17, 15) is 4.79 Å². The molecule has 8 heteroatoms. The van der Waals surface area contributed by atoms with Crippen molar-refractivity contribution in [3.63, 3.8) is 0 Å². The lowest BCUT2D eigenvalue weighted by Gasteiger charge is -2.18. The first-order chi connectivity index (χ1) is 10.3. The molecule has 0 radical (unpaired) electrons. The smallest absolute Gasteiger partial charge is 0.408 e. The molecule has 2 aromatic rings. The summed E-state index contributed by atoms with van der Waals surface area (Å²) in [6.07, 6.45) is 1.14. The van der Waals surface area contributed by atoms with Gasteiger partial charge in [-0.25, -0.2) is 9.78 Å². The number of carbonyl (C=O) groups excluding carboxylic acids is 1. The molecular formula is C14H14Cl2N4O2. The highest BCUT2D eigenvalue weighted by molar-refractivity contribution is 6.36. The van der Waals surface area contributed by atoms with Gasteiger partial charge in [-0.15, -0.1) is 0 Å². The molecule has 0 aliphatic carbocycles. The number of nitrogens with one attached hydrogen (secondary N) is 2. The average Bonchev–Trinajstić information content (AvgIpc) is 2.75. The van der Waals surface area contributed by atoms with Crippen LogP contribution in [0, 0.1) is 11.8 Å². The number of hydrogen-bond donors (Lipinski definition) is 2. The van der Waals surface area contributed by atoms with E-state index in [1.165, 1.54) is 0 Å². The lowest BCUT2D eigenvalue weighted by molar-refractivity contribution is 0.0535. The monoisotopic (exact) mass is 340 g/mol. The van der Waals surface area contributed by atoms with Crippen molar-refractivity contribution in [2.45, 2.75) is 26.4 Å². The van der Waals surface area contributed by atoms with Gasteiger partial charge in [-0.1, -0.05) is 23.4 Å². The van der Waals surface area contributed by atoms with Gasteiger partial charge in [0, 0.05) is 6.20 Å². The molecule has 0 saturated carbocycles. The van der Waals surface area contributed by atoms with Gasteiger partial charge in [0.15, 0.2) is 0 Å². The number of fused-ring (bicyclic) bond motifs is 1. The van der Waals surface area contributed by atoms with Gasteiger partial charge < -0.3 is 15.0 Å². The molecule has 0 aliphatic rings. The zero-order valence-corrected chi connectivity index (χ0v) is 13.8. The van der Waals surface area contributed by atoms with Gasteiger partial charge >= 0.3 is 6.09 Å². The summed E-state index contributed by atoms with van der Waals surface area (Å²) in [5.74, 6) is 5.70. The molecule has 116 valence electrons. The lowest BCUT2D eigenvalue weighted by atomic mass is 10.2. The molecule has 2 N–H and O–H groups in total. The zero-order valence-electron chi connectivity index (χ0n) is 12.3. The number of carbonyl (C=O) groups is 1. The minimum atomic E-state index is -0.543. The SMILES string of the molecule is CC(C)(C)OC(=O)NCC#Cc1c[nH]c2nc(Cl)nc(Cl)c12. The third-order valence-corrected chi connectivity index (χ3v) is 2.85. The van der Waals surface area contributed by atoms with E-state index in [2.05, 4.69) is 32.1 Å². The van der Waals surface area contributed by atoms with Gasteiger partial charge in [0.25, 0.3) is 0 Å².